The molecule has 0 amide bonds. The van der Waals surface area contributed by atoms with Crippen LogP contribution >= 0.6 is 0 Å². The van der Waals surface area contributed by atoms with Gasteiger partial charge in [-0.15, -0.1) is 9.35 Å². The Balaban J connectivity index is 1.63. The number of ether oxygens (including phenoxy) is 2. The normalized spacial score (nSPS) is 22.4. The van der Waals surface area contributed by atoms with Gasteiger partial charge in [0.25, 0.3) is 0 Å². The van der Waals surface area contributed by atoms with Crippen molar-refractivity contribution in [3.8, 4) is 11.5 Å². The summed E-state index contributed by atoms with van der Waals surface area (Å²) in [4.78, 5) is 3.20. The minimum absolute atomic E-state index is 0.136. The van der Waals surface area contributed by atoms with Gasteiger partial charge in [0.2, 0.25) is 6.79 Å². The zero-order valence-corrected chi connectivity index (χ0v) is 17.4. The molecule has 152 valence electrons. The van der Waals surface area contributed by atoms with E-state index < -0.39 is 9.35 Å². The van der Waals surface area contributed by atoms with Crippen molar-refractivity contribution in [2.24, 2.45) is 0 Å². The second-order valence-corrected chi connectivity index (χ2v) is 11.3. The van der Waals surface area contributed by atoms with E-state index in [0.29, 0.717) is 27.3 Å². The van der Waals surface area contributed by atoms with Crippen molar-refractivity contribution in [1.29, 1.82) is 0 Å². The molecule has 1 fully saturated rings. The number of nitrogens with zero attached hydrogens (tertiary/aromatic N) is 1. The first kappa shape index (κ1) is 19.4. The largest absolute Gasteiger partial charge is 0.454 e. The second kappa shape index (κ2) is 6.84. The lowest BCUT2D eigenvalue weighted by molar-refractivity contribution is 0.126. The second-order valence-electron chi connectivity index (χ2n) is 7.83. The third kappa shape index (κ3) is 3.33. The first-order valence-corrected chi connectivity index (χ1v) is 11.9. The smallest absolute Gasteiger partial charge is 0.231 e. The average molecular weight is 405 g/mol. The molecule has 0 saturated carbocycles. The van der Waals surface area contributed by atoms with E-state index in [9.17, 15) is 8.76 Å². The molecule has 2 N–H and O–H groups in total. The zero-order chi connectivity index (χ0) is 20.0. The summed E-state index contributed by atoms with van der Waals surface area (Å²) < 4.78 is 35.6. The molecule has 0 aromatic heterocycles. The van der Waals surface area contributed by atoms with Gasteiger partial charge in [-0.2, -0.15) is 4.21 Å². The van der Waals surface area contributed by atoms with Gasteiger partial charge in [-0.05, 0) is 43.7 Å². The Morgan fingerprint density at radius 3 is 2.54 bits per heavy atom. The number of fused-ring (bicyclic) bond motifs is 1. The lowest BCUT2D eigenvalue weighted by Crippen LogP contribution is -2.50. The third-order valence-corrected chi connectivity index (χ3v) is 8.61. The number of benzene rings is 2. The van der Waals surface area contributed by atoms with E-state index in [0.717, 1.165) is 25.2 Å². The predicted octanol–water partition coefficient (Wildman–Crippen LogP) is 3.11. The van der Waals surface area contributed by atoms with Crippen LogP contribution in [-0.4, -0.2) is 52.4 Å². The van der Waals surface area contributed by atoms with Crippen molar-refractivity contribution in [3.05, 3.63) is 48.0 Å². The summed E-state index contributed by atoms with van der Waals surface area (Å²) in [7, 11) is -4.22. The molecule has 6 nitrogen and oxygen atoms in total. The van der Waals surface area contributed by atoms with Crippen LogP contribution in [0.4, 0.5) is 0 Å². The van der Waals surface area contributed by atoms with Crippen molar-refractivity contribution in [3.63, 3.8) is 0 Å². The quantitative estimate of drug-likeness (QED) is 0.816. The van der Waals surface area contributed by atoms with Crippen LogP contribution in [-0.2, 0) is 9.35 Å². The number of piperazine rings is 1. The molecule has 1 saturated heterocycles. The lowest BCUT2D eigenvalue weighted by atomic mass is 10.0. The van der Waals surface area contributed by atoms with Crippen LogP contribution in [0.5, 0.6) is 11.5 Å². The summed E-state index contributed by atoms with van der Waals surface area (Å²) in [6, 6.07) is 13.1. The summed E-state index contributed by atoms with van der Waals surface area (Å²) in [6.07, 6.45) is 1.39. The van der Waals surface area contributed by atoms with Gasteiger partial charge in [0.15, 0.2) is 11.5 Å². The third-order valence-electron chi connectivity index (χ3n) is 5.87. The summed E-state index contributed by atoms with van der Waals surface area (Å²) >= 11 is 0. The van der Waals surface area contributed by atoms with Crippen LogP contribution in [0.25, 0.3) is 0 Å². The van der Waals surface area contributed by atoms with E-state index in [1.807, 2.05) is 12.1 Å². The fourth-order valence-electron chi connectivity index (χ4n) is 4.00. The highest BCUT2D eigenvalue weighted by Gasteiger charge is 2.30. The zero-order valence-electron chi connectivity index (χ0n) is 16.6. The van der Waals surface area contributed by atoms with E-state index in [1.54, 1.807) is 30.3 Å². The maximum Gasteiger partial charge on any atom is 0.231 e. The molecule has 2 aliphatic heterocycles. The summed E-state index contributed by atoms with van der Waals surface area (Å²) in [5.41, 5.74) is 1.14. The molecule has 28 heavy (non-hydrogen) atoms. The van der Waals surface area contributed by atoms with Gasteiger partial charge in [-0.25, -0.2) is 0 Å². The van der Waals surface area contributed by atoms with Crippen molar-refractivity contribution >= 4 is 9.35 Å². The Bertz CT molecular complexity index is 938. The van der Waals surface area contributed by atoms with Crippen molar-refractivity contribution in [2.45, 2.75) is 35.7 Å². The van der Waals surface area contributed by atoms with Gasteiger partial charge >= 0.3 is 0 Å². The molecule has 7 heteroatoms. The van der Waals surface area contributed by atoms with Gasteiger partial charge in [0.1, 0.15) is 0 Å². The van der Waals surface area contributed by atoms with Crippen molar-refractivity contribution < 1.29 is 18.2 Å². The predicted molar refractivity (Wildman–Crippen MR) is 110 cm³/mol. The minimum atomic E-state index is -4.22. The maximum absolute atomic E-state index is 13.7. The molecule has 0 bridgehead atoms. The molecule has 0 aliphatic carbocycles. The monoisotopic (exact) mass is 404 g/mol. The van der Waals surface area contributed by atoms with Crippen LogP contribution in [0.3, 0.4) is 0 Å². The summed E-state index contributed by atoms with van der Waals surface area (Å²) in [5, 5.41) is 3.41. The van der Waals surface area contributed by atoms with Crippen molar-refractivity contribution in [2.75, 3.05) is 32.7 Å². The number of nitrogens with one attached hydrogen (secondary N) is 1. The standard InChI is InChI=1S/C21H28N2O4S/c1-15-13-22-10-11-23(15)16(2)17-4-6-18(7-5-17)28(3,24,25)19-8-9-20-21(12-19)27-14-26-20/h4-9,12,15-16,22H,10-11,13-14H2,1-3H3,(H,24,25)/t15-,16+/m1/s1. The van der Waals surface area contributed by atoms with E-state index in [4.69, 9.17) is 9.47 Å². The molecular weight excluding hydrogens is 376 g/mol. The van der Waals surface area contributed by atoms with Gasteiger partial charge in [-0.3, -0.25) is 9.45 Å². The highest BCUT2D eigenvalue weighted by Crippen LogP contribution is 2.43. The molecule has 2 atom stereocenters. The van der Waals surface area contributed by atoms with Gasteiger partial charge < -0.3 is 14.8 Å². The maximum atomic E-state index is 13.7. The lowest BCUT2D eigenvalue weighted by Gasteiger charge is -2.40. The number of rotatable bonds is 4. The fourth-order valence-corrected chi connectivity index (χ4v) is 5.83. The molecular formula is C21H28N2O4S. The molecule has 2 aliphatic rings. The van der Waals surface area contributed by atoms with Gasteiger partial charge in [0.05, 0.1) is 9.79 Å². The van der Waals surface area contributed by atoms with Crippen LogP contribution < -0.4 is 14.8 Å². The average Bonchev–Trinajstić information content (AvgIpc) is 3.16. The van der Waals surface area contributed by atoms with Crippen LogP contribution in [0.15, 0.2) is 52.3 Å². The summed E-state index contributed by atoms with van der Waals surface area (Å²) in [5.74, 6) is 1.10. The molecule has 2 heterocycles. The fraction of sp³-hybridized carbons (Fsp3) is 0.429. The molecule has 4 rings (SSSR count). The first-order chi connectivity index (χ1) is 13.2. The Labute approximate surface area is 166 Å². The van der Waals surface area contributed by atoms with Gasteiger partial charge in [-0.1, -0.05) is 12.1 Å². The molecule has 0 radical (unpaired) electrons. The topological polar surface area (TPSA) is 71.0 Å². The van der Waals surface area contributed by atoms with E-state index >= 15 is 0 Å². The van der Waals surface area contributed by atoms with Crippen LogP contribution in [0.1, 0.15) is 25.5 Å². The number of hydrogen-bond donors (Lipinski definition) is 2. The Morgan fingerprint density at radius 2 is 1.82 bits per heavy atom. The molecule has 0 spiro atoms. The Kier molecular flexibility index (Phi) is 4.74. The van der Waals surface area contributed by atoms with E-state index in [-0.39, 0.29) is 12.8 Å². The first-order valence-electron chi connectivity index (χ1n) is 9.60. The molecule has 2 aromatic carbocycles. The molecule has 0 unspecified atom stereocenters. The minimum Gasteiger partial charge on any atom is -0.454 e. The van der Waals surface area contributed by atoms with Crippen LogP contribution in [0, 0.1) is 0 Å². The van der Waals surface area contributed by atoms with Gasteiger partial charge in [0, 0.05) is 44.0 Å². The Morgan fingerprint density at radius 1 is 1.14 bits per heavy atom. The van der Waals surface area contributed by atoms with Crippen LogP contribution in [0.2, 0.25) is 0 Å². The highest BCUT2D eigenvalue weighted by molar-refractivity contribution is 8.14. The Hall–Kier alpha value is -1.93. The van der Waals surface area contributed by atoms with Crippen molar-refractivity contribution in [1.82, 2.24) is 10.2 Å². The summed E-state index contributed by atoms with van der Waals surface area (Å²) in [6.45, 7) is 7.51. The van der Waals surface area contributed by atoms with E-state index in [2.05, 4.69) is 24.1 Å². The molecule has 2 aromatic rings. The SMILES string of the molecule is C[C@@H]1CNCCN1[C@@H](C)c1ccc(S(C)(=O)(O)c2ccc3c(c2)OCO3)cc1. The number of hydrogen-bond acceptors (Lipinski definition) is 5. The highest BCUT2D eigenvalue weighted by atomic mass is 32.3. The van der Waals surface area contributed by atoms with E-state index in [1.165, 1.54) is 6.26 Å².